The number of anilines is 1. The van der Waals surface area contributed by atoms with Crippen molar-refractivity contribution < 1.29 is 4.79 Å². The summed E-state index contributed by atoms with van der Waals surface area (Å²) in [7, 11) is 0. The zero-order chi connectivity index (χ0) is 25.7. The molecule has 3 aromatic carbocycles. The molecule has 0 aliphatic carbocycles. The molecule has 7 nitrogen and oxygen atoms in total. The molecule has 2 aliphatic rings. The molecule has 1 amide bonds. The van der Waals surface area contributed by atoms with E-state index < -0.39 is 5.54 Å². The molecular weight excluding hydrogens is 460 g/mol. The quantitative estimate of drug-likeness (QED) is 0.235. The Morgan fingerprint density at radius 1 is 0.919 bits per heavy atom. The fourth-order valence-electron chi connectivity index (χ4n) is 5.95. The van der Waals surface area contributed by atoms with Gasteiger partial charge in [0.2, 0.25) is 5.91 Å². The van der Waals surface area contributed by atoms with Crippen molar-refractivity contribution >= 4 is 28.3 Å². The fourth-order valence-corrected chi connectivity index (χ4v) is 5.95. The number of benzene rings is 3. The number of unbranched alkanes of at least 4 members (excludes halogenated alkanes) is 2. The van der Waals surface area contributed by atoms with Crippen LogP contribution >= 0.6 is 0 Å². The highest BCUT2D eigenvalue weighted by atomic mass is 16.2. The first-order chi connectivity index (χ1) is 18.1. The van der Waals surface area contributed by atoms with Crippen LogP contribution in [0.2, 0.25) is 0 Å². The van der Waals surface area contributed by atoms with E-state index in [9.17, 15) is 4.79 Å². The molecule has 7 heteroatoms. The second-order valence-electron chi connectivity index (χ2n) is 10.3. The van der Waals surface area contributed by atoms with Gasteiger partial charge < -0.3 is 20.9 Å². The molecule has 194 valence electrons. The van der Waals surface area contributed by atoms with Crippen LogP contribution in [-0.2, 0) is 11.3 Å². The van der Waals surface area contributed by atoms with Crippen LogP contribution in [0.4, 0.5) is 5.69 Å². The third-order valence-corrected chi connectivity index (χ3v) is 7.96. The zero-order valence-electron chi connectivity index (χ0n) is 21.5. The average Bonchev–Trinajstić information content (AvgIpc) is 3.19. The summed E-state index contributed by atoms with van der Waals surface area (Å²) in [6.45, 7) is 4.85. The minimum atomic E-state index is -0.465. The number of guanidine groups is 1. The number of hydrogen-bond donors (Lipinski definition) is 3. The highest BCUT2D eigenvalue weighted by molar-refractivity contribution is 5.93. The Morgan fingerprint density at radius 2 is 1.65 bits per heavy atom. The molecule has 0 unspecified atom stereocenters. The Labute approximate surface area is 219 Å². The van der Waals surface area contributed by atoms with E-state index in [0.717, 1.165) is 64.0 Å². The van der Waals surface area contributed by atoms with Crippen molar-refractivity contribution in [3.05, 3.63) is 78.4 Å². The number of carbonyl (C=O) groups excluding carboxylic acids is 1. The van der Waals surface area contributed by atoms with Gasteiger partial charge in [-0.15, -0.1) is 0 Å². The second kappa shape index (κ2) is 11.2. The second-order valence-corrected chi connectivity index (χ2v) is 10.3. The zero-order valence-corrected chi connectivity index (χ0v) is 21.5. The van der Waals surface area contributed by atoms with Gasteiger partial charge in [0.25, 0.3) is 0 Å². The van der Waals surface area contributed by atoms with Crippen molar-refractivity contribution in [2.45, 2.75) is 44.2 Å². The van der Waals surface area contributed by atoms with E-state index >= 15 is 0 Å². The van der Waals surface area contributed by atoms with Crippen LogP contribution in [-0.4, -0.2) is 60.1 Å². The van der Waals surface area contributed by atoms with E-state index in [2.05, 4.69) is 86.7 Å². The van der Waals surface area contributed by atoms with E-state index in [1.54, 1.807) is 0 Å². The number of carbonyl (C=O) groups is 1. The first kappa shape index (κ1) is 25.1. The first-order valence-electron chi connectivity index (χ1n) is 13.5. The molecule has 3 aromatic rings. The molecule has 0 bridgehead atoms. The summed E-state index contributed by atoms with van der Waals surface area (Å²) >= 11 is 0. The van der Waals surface area contributed by atoms with E-state index in [1.165, 1.54) is 16.3 Å². The van der Waals surface area contributed by atoms with Gasteiger partial charge in [0, 0.05) is 38.4 Å². The highest BCUT2D eigenvalue weighted by Gasteiger charge is 2.53. The third-order valence-electron chi connectivity index (χ3n) is 7.96. The van der Waals surface area contributed by atoms with Crippen LogP contribution in [0.15, 0.2) is 72.8 Å². The SMILES string of the molecule is N=C(N)NCCCCCN1CN(c2ccccc2)C2(CCN(Cc3cccc4ccccc34)CC2)C1=O. The Balaban J connectivity index is 1.26. The molecule has 2 heterocycles. The molecule has 1 spiro atoms. The summed E-state index contributed by atoms with van der Waals surface area (Å²) in [6.07, 6.45) is 4.58. The number of hydrogen-bond acceptors (Lipinski definition) is 4. The average molecular weight is 499 g/mol. The third kappa shape index (κ3) is 5.42. The van der Waals surface area contributed by atoms with Gasteiger partial charge >= 0.3 is 0 Å². The first-order valence-corrected chi connectivity index (χ1v) is 13.5. The minimum absolute atomic E-state index is 0.0157. The van der Waals surface area contributed by atoms with Gasteiger partial charge in [0.15, 0.2) is 5.96 Å². The van der Waals surface area contributed by atoms with Crippen LogP contribution in [0.3, 0.4) is 0 Å². The largest absolute Gasteiger partial charge is 0.370 e. The summed E-state index contributed by atoms with van der Waals surface area (Å²) in [6, 6.07) is 25.6. The van der Waals surface area contributed by atoms with Gasteiger partial charge in [-0.2, -0.15) is 0 Å². The molecule has 4 N–H and O–H groups in total. The summed E-state index contributed by atoms with van der Waals surface area (Å²) in [4.78, 5) is 20.9. The Bertz CT molecular complexity index is 1220. The molecule has 2 saturated heterocycles. The monoisotopic (exact) mass is 498 g/mol. The molecule has 0 radical (unpaired) electrons. The van der Waals surface area contributed by atoms with E-state index in [4.69, 9.17) is 11.1 Å². The molecule has 37 heavy (non-hydrogen) atoms. The Morgan fingerprint density at radius 3 is 2.43 bits per heavy atom. The number of piperidine rings is 1. The molecule has 0 aromatic heterocycles. The lowest BCUT2D eigenvalue weighted by molar-refractivity contribution is -0.133. The van der Waals surface area contributed by atoms with Gasteiger partial charge in [-0.25, -0.2) is 0 Å². The maximum absolute atomic E-state index is 13.9. The number of para-hydroxylation sites is 1. The van der Waals surface area contributed by atoms with Gasteiger partial charge in [-0.3, -0.25) is 15.1 Å². The van der Waals surface area contributed by atoms with Crippen LogP contribution < -0.4 is 16.0 Å². The van der Waals surface area contributed by atoms with Crippen molar-refractivity contribution in [2.24, 2.45) is 5.73 Å². The summed E-state index contributed by atoms with van der Waals surface area (Å²) < 4.78 is 0. The number of nitrogens with two attached hydrogens (primary N) is 1. The lowest BCUT2D eigenvalue weighted by atomic mass is 9.85. The lowest BCUT2D eigenvalue weighted by Gasteiger charge is -2.43. The highest BCUT2D eigenvalue weighted by Crippen LogP contribution is 2.40. The predicted octanol–water partition coefficient (Wildman–Crippen LogP) is 4.13. The molecule has 2 aliphatic heterocycles. The number of likely N-dealkylation sites (tertiary alicyclic amines) is 1. The summed E-state index contributed by atoms with van der Waals surface area (Å²) in [5.74, 6) is 0.296. The van der Waals surface area contributed by atoms with Crippen molar-refractivity contribution in [1.29, 1.82) is 5.41 Å². The molecule has 5 rings (SSSR count). The maximum Gasteiger partial charge on any atom is 0.250 e. The van der Waals surface area contributed by atoms with Gasteiger partial charge in [-0.1, -0.05) is 60.7 Å². The Kier molecular flexibility index (Phi) is 7.60. The molecule has 0 saturated carbocycles. The smallest absolute Gasteiger partial charge is 0.250 e. The summed E-state index contributed by atoms with van der Waals surface area (Å²) in [5, 5.41) is 12.7. The lowest BCUT2D eigenvalue weighted by Crippen LogP contribution is -2.56. The van der Waals surface area contributed by atoms with Gasteiger partial charge in [-0.05, 0) is 60.6 Å². The topological polar surface area (TPSA) is 88.7 Å². The van der Waals surface area contributed by atoms with Crippen molar-refractivity contribution in [3.8, 4) is 0 Å². The maximum atomic E-state index is 13.9. The van der Waals surface area contributed by atoms with Crippen molar-refractivity contribution in [3.63, 3.8) is 0 Å². The number of nitrogens with zero attached hydrogens (tertiary/aromatic N) is 3. The van der Waals surface area contributed by atoms with Gasteiger partial charge in [0.1, 0.15) is 5.54 Å². The van der Waals surface area contributed by atoms with Crippen molar-refractivity contribution in [2.75, 3.05) is 37.7 Å². The van der Waals surface area contributed by atoms with Crippen molar-refractivity contribution in [1.82, 2.24) is 15.1 Å². The number of fused-ring (bicyclic) bond motifs is 1. The van der Waals surface area contributed by atoms with E-state index in [0.29, 0.717) is 13.2 Å². The summed E-state index contributed by atoms with van der Waals surface area (Å²) in [5.41, 5.74) is 7.38. The van der Waals surface area contributed by atoms with Crippen LogP contribution in [0.1, 0.15) is 37.7 Å². The fraction of sp³-hybridized carbons (Fsp3) is 0.400. The van der Waals surface area contributed by atoms with E-state index in [1.807, 2.05) is 6.07 Å². The number of nitrogens with one attached hydrogen (secondary N) is 2. The minimum Gasteiger partial charge on any atom is -0.370 e. The van der Waals surface area contributed by atoms with Gasteiger partial charge in [0.05, 0.1) is 6.67 Å². The number of amides is 1. The van der Waals surface area contributed by atoms with Crippen LogP contribution in [0, 0.1) is 5.41 Å². The van der Waals surface area contributed by atoms with Crippen LogP contribution in [0.5, 0.6) is 0 Å². The molecule has 2 fully saturated rings. The number of rotatable bonds is 9. The standard InChI is InChI=1S/C30H38N6O/c31-29(32)33-18-7-2-8-19-35-23-36(26-13-3-1-4-14-26)30(28(35)37)16-20-34(21-17-30)22-25-12-9-11-24-10-5-6-15-27(24)25/h1,3-6,9-15H,2,7-8,16-23H2,(H4,31,32,33). The normalized spacial score (nSPS) is 17.6. The Hall–Kier alpha value is -3.58. The molecular formula is C30H38N6O. The van der Waals surface area contributed by atoms with E-state index in [-0.39, 0.29) is 11.9 Å². The molecule has 0 atom stereocenters. The van der Waals surface area contributed by atoms with Crippen LogP contribution in [0.25, 0.3) is 10.8 Å². The predicted molar refractivity (Wildman–Crippen MR) is 150 cm³/mol.